The van der Waals surface area contributed by atoms with Gasteiger partial charge in [0.2, 0.25) is 6.29 Å². The van der Waals surface area contributed by atoms with Gasteiger partial charge in [-0.1, -0.05) is 6.58 Å². The van der Waals surface area contributed by atoms with Crippen molar-refractivity contribution < 1.29 is 14.6 Å². The smallest absolute Gasteiger partial charge is 0.332 e. The lowest BCUT2D eigenvalue weighted by atomic mass is 10.6. The minimum absolute atomic E-state index is 0.0976. The molecule has 0 aromatic rings. The molecule has 3 N–H and O–H groups in total. The molecule has 0 aliphatic rings. The van der Waals surface area contributed by atoms with Crippen LogP contribution in [-0.4, -0.2) is 23.9 Å². The van der Waals surface area contributed by atoms with E-state index in [1.807, 2.05) is 0 Å². The highest BCUT2D eigenvalue weighted by atomic mass is 16.6. The fourth-order valence-corrected chi connectivity index (χ4v) is 0.230. The number of esters is 1. The zero-order chi connectivity index (χ0) is 7.28. The van der Waals surface area contributed by atoms with Gasteiger partial charge in [0.25, 0.3) is 0 Å². The zero-order valence-corrected chi connectivity index (χ0v) is 4.91. The fourth-order valence-electron chi connectivity index (χ4n) is 0.230. The molecule has 9 heavy (non-hydrogen) atoms. The molecule has 0 radical (unpaired) electrons. The van der Waals surface area contributed by atoms with Crippen LogP contribution in [0.5, 0.6) is 0 Å². The molecule has 0 saturated heterocycles. The fraction of sp³-hybridized carbons (Fsp3) is 0.400. The van der Waals surface area contributed by atoms with Crippen molar-refractivity contribution >= 4 is 5.97 Å². The summed E-state index contributed by atoms with van der Waals surface area (Å²) >= 11 is 0. The Morgan fingerprint density at radius 3 is 2.89 bits per heavy atom. The Morgan fingerprint density at radius 2 is 2.56 bits per heavy atom. The summed E-state index contributed by atoms with van der Waals surface area (Å²) in [7, 11) is 0. The van der Waals surface area contributed by atoms with Crippen LogP contribution < -0.4 is 5.73 Å². The molecule has 0 bridgehead atoms. The van der Waals surface area contributed by atoms with E-state index in [4.69, 9.17) is 10.8 Å². The molecule has 1 unspecified atom stereocenters. The topological polar surface area (TPSA) is 72.5 Å². The molecular formula is C5H9NO3. The molecule has 0 saturated carbocycles. The molecule has 0 spiro atoms. The Bertz CT molecular complexity index is 113. The molecule has 0 aromatic carbocycles. The van der Waals surface area contributed by atoms with E-state index in [1.54, 1.807) is 0 Å². The lowest BCUT2D eigenvalue weighted by molar-refractivity contribution is -0.159. The van der Waals surface area contributed by atoms with Gasteiger partial charge in [-0.3, -0.25) is 0 Å². The average molecular weight is 131 g/mol. The maximum atomic E-state index is 10.2. The zero-order valence-electron chi connectivity index (χ0n) is 4.91. The number of carbonyl (C=O) groups excluding carboxylic acids is 1. The van der Waals surface area contributed by atoms with Crippen LogP contribution in [0.3, 0.4) is 0 Å². The predicted octanol–water partition coefficient (Wildman–Crippen LogP) is -1.01. The van der Waals surface area contributed by atoms with Crippen molar-refractivity contribution in [3.63, 3.8) is 0 Å². The van der Waals surface area contributed by atoms with Crippen LogP contribution in [0.1, 0.15) is 0 Å². The van der Waals surface area contributed by atoms with E-state index < -0.39 is 12.3 Å². The van der Waals surface area contributed by atoms with Crippen LogP contribution in [0.4, 0.5) is 0 Å². The summed E-state index contributed by atoms with van der Waals surface area (Å²) < 4.78 is 4.22. The quantitative estimate of drug-likeness (QED) is 0.292. The first kappa shape index (κ1) is 8.13. The summed E-state index contributed by atoms with van der Waals surface area (Å²) in [5, 5.41) is 8.54. The third-order valence-electron chi connectivity index (χ3n) is 0.620. The van der Waals surface area contributed by atoms with Crippen molar-refractivity contribution in [3.8, 4) is 0 Å². The van der Waals surface area contributed by atoms with Crippen LogP contribution in [-0.2, 0) is 9.53 Å². The largest absolute Gasteiger partial charge is 0.431 e. The highest BCUT2D eigenvalue weighted by Gasteiger charge is 2.03. The maximum absolute atomic E-state index is 10.2. The second-order valence-electron chi connectivity index (χ2n) is 1.33. The van der Waals surface area contributed by atoms with Crippen LogP contribution >= 0.6 is 0 Å². The third kappa shape index (κ3) is 3.69. The molecule has 4 nitrogen and oxygen atoms in total. The van der Waals surface area contributed by atoms with Crippen LogP contribution in [0.2, 0.25) is 0 Å². The normalized spacial score (nSPS) is 12.2. The molecule has 0 fully saturated rings. The van der Waals surface area contributed by atoms with E-state index in [9.17, 15) is 4.79 Å². The van der Waals surface area contributed by atoms with E-state index in [0.717, 1.165) is 6.08 Å². The third-order valence-corrected chi connectivity index (χ3v) is 0.620. The monoisotopic (exact) mass is 131 g/mol. The highest BCUT2D eigenvalue weighted by molar-refractivity contribution is 5.81. The van der Waals surface area contributed by atoms with Gasteiger partial charge in [-0.15, -0.1) is 0 Å². The molecule has 0 aliphatic carbocycles. The number of rotatable bonds is 3. The highest BCUT2D eigenvalue weighted by Crippen LogP contribution is 1.84. The molecule has 52 valence electrons. The lowest BCUT2D eigenvalue weighted by Gasteiger charge is -2.05. The Kier molecular flexibility index (Phi) is 3.66. The summed E-state index contributed by atoms with van der Waals surface area (Å²) in [5.74, 6) is -0.673. The van der Waals surface area contributed by atoms with Crippen molar-refractivity contribution in [2.75, 3.05) is 6.54 Å². The minimum atomic E-state index is -1.21. The number of aliphatic hydroxyl groups excluding tert-OH is 1. The second kappa shape index (κ2) is 4.05. The van der Waals surface area contributed by atoms with E-state index in [0.29, 0.717) is 0 Å². The molecule has 4 heteroatoms. The predicted molar refractivity (Wildman–Crippen MR) is 31.4 cm³/mol. The van der Waals surface area contributed by atoms with Gasteiger partial charge in [-0.2, -0.15) is 0 Å². The van der Waals surface area contributed by atoms with E-state index in [-0.39, 0.29) is 6.54 Å². The molecule has 0 aliphatic heterocycles. The molecule has 1 atom stereocenters. The molecule has 0 amide bonds. The summed E-state index contributed by atoms with van der Waals surface area (Å²) in [6, 6.07) is 0. The lowest BCUT2D eigenvalue weighted by Crippen LogP contribution is -2.25. The standard InChI is InChI=1S/C5H9NO3/c1-2-4(7)9-5(8)3-6/h2,5,8H,1,3,6H2. The minimum Gasteiger partial charge on any atom is -0.431 e. The van der Waals surface area contributed by atoms with Crippen molar-refractivity contribution in [2.45, 2.75) is 6.29 Å². The van der Waals surface area contributed by atoms with Crippen LogP contribution in [0.15, 0.2) is 12.7 Å². The van der Waals surface area contributed by atoms with Crippen molar-refractivity contribution in [3.05, 3.63) is 12.7 Å². The molecular weight excluding hydrogens is 122 g/mol. The van der Waals surface area contributed by atoms with E-state index in [2.05, 4.69) is 11.3 Å². The van der Waals surface area contributed by atoms with Crippen LogP contribution in [0, 0.1) is 0 Å². The first-order valence-corrected chi connectivity index (χ1v) is 2.42. The molecule has 0 aromatic heterocycles. The Morgan fingerprint density at radius 1 is 2.00 bits per heavy atom. The number of ether oxygens (including phenoxy) is 1. The molecule has 0 heterocycles. The van der Waals surface area contributed by atoms with Gasteiger partial charge in [-0.25, -0.2) is 4.79 Å². The number of aliphatic hydroxyl groups is 1. The van der Waals surface area contributed by atoms with Gasteiger partial charge in [0, 0.05) is 6.08 Å². The van der Waals surface area contributed by atoms with Gasteiger partial charge >= 0.3 is 5.97 Å². The van der Waals surface area contributed by atoms with E-state index >= 15 is 0 Å². The number of hydrogen-bond donors (Lipinski definition) is 2. The second-order valence-corrected chi connectivity index (χ2v) is 1.33. The van der Waals surface area contributed by atoms with E-state index in [1.165, 1.54) is 0 Å². The Hall–Kier alpha value is -0.870. The van der Waals surface area contributed by atoms with Crippen molar-refractivity contribution in [2.24, 2.45) is 5.73 Å². The summed E-state index contributed by atoms with van der Waals surface area (Å²) in [5.41, 5.74) is 4.91. The van der Waals surface area contributed by atoms with Gasteiger partial charge < -0.3 is 15.6 Å². The first-order valence-electron chi connectivity index (χ1n) is 2.42. The van der Waals surface area contributed by atoms with Gasteiger partial charge in [0.1, 0.15) is 0 Å². The van der Waals surface area contributed by atoms with Gasteiger partial charge in [0.15, 0.2) is 0 Å². The summed E-state index contributed by atoms with van der Waals surface area (Å²) in [6.07, 6.45) is -0.255. The summed E-state index contributed by atoms with van der Waals surface area (Å²) in [6.45, 7) is 3.02. The van der Waals surface area contributed by atoms with Crippen LogP contribution in [0.25, 0.3) is 0 Å². The number of carbonyl (C=O) groups is 1. The average Bonchev–Trinajstić information content (AvgIpc) is 1.87. The van der Waals surface area contributed by atoms with Crippen molar-refractivity contribution in [1.29, 1.82) is 0 Å². The Labute approximate surface area is 52.9 Å². The van der Waals surface area contributed by atoms with Gasteiger partial charge in [0.05, 0.1) is 6.54 Å². The summed E-state index contributed by atoms with van der Waals surface area (Å²) in [4.78, 5) is 10.2. The maximum Gasteiger partial charge on any atom is 0.332 e. The number of nitrogens with two attached hydrogens (primary N) is 1. The van der Waals surface area contributed by atoms with Gasteiger partial charge in [-0.05, 0) is 0 Å². The van der Waals surface area contributed by atoms with Crippen molar-refractivity contribution in [1.82, 2.24) is 0 Å². The SMILES string of the molecule is C=CC(=O)OC(O)CN. The number of hydrogen-bond acceptors (Lipinski definition) is 4. The first-order chi connectivity index (χ1) is 4.20. The Balaban J connectivity index is 3.46. The molecule has 0 rings (SSSR count).